The number of carbonyl (C=O) groups excluding carboxylic acids is 1. The highest BCUT2D eigenvalue weighted by Crippen LogP contribution is 2.32. The number of carbonyl (C=O) groups is 1. The van der Waals surface area contributed by atoms with E-state index in [0.717, 1.165) is 11.1 Å². The molecule has 0 amide bonds. The van der Waals surface area contributed by atoms with Crippen LogP contribution in [0.2, 0.25) is 0 Å². The van der Waals surface area contributed by atoms with E-state index in [0.29, 0.717) is 17.1 Å². The zero-order valence-electron chi connectivity index (χ0n) is 13.9. The third-order valence-electron chi connectivity index (χ3n) is 3.72. The van der Waals surface area contributed by atoms with Crippen molar-refractivity contribution in [3.8, 4) is 11.5 Å². The minimum atomic E-state index is -0.493. The summed E-state index contributed by atoms with van der Waals surface area (Å²) in [5.74, 6) is 0.860. The fourth-order valence-corrected chi connectivity index (χ4v) is 2.29. The second kappa shape index (κ2) is 6.35. The Morgan fingerprint density at radius 2 is 1.79 bits per heavy atom. The summed E-state index contributed by atoms with van der Waals surface area (Å²) in [5, 5.41) is 3.74. The first-order chi connectivity index (χ1) is 11.4. The molecule has 0 aliphatic carbocycles. The predicted octanol–water partition coefficient (Wildman–Crippen LogP) is 3.90. The van der Waals surface area contributed by atoms with E-state index in [2.05, 4.69) is 25.9 Å². The molecule has 0 spiro atoms. The minimum absolute atomic E-state index is 0.0416. The molecule has 0 N–H and O–H groups in total. The summed E-state index contributed by atoms with van der Waals surface area (Å²) >= 11 is 0. The third kappa shape index (κ3) is 3.56. The summed E-state index contributed by atoms with van der Waals surface area (Å²) < 4.78 is 10.5. The maximum atomic E-state index is 12.0. The van der Waals surface area contributed by atoms with E-state index in [1.807, 2.05) is 18.2 Å². The predicted molar refractivity (Wildman–Crippen MR) is 90.7 cm³/mol. The minimum Gasteiger partial charge on any atom is -0.454 e. The largest absolute Gasteiger partial charge is 0.454 e. The topological polar surface area (TPSA) is 57.1 Å². The van der Waals surface area contributed by atoms with Gasteiger partial charge in [0, 0.05) is 5.56 Å². The summed E-state index contributed by atoms with van der Waals surface area (Å²) in [5.41, 5.74) is 2.42. The van der Waals surface area contributed by atoms with Crippen LogP contribution in [0.4, 0.5) is 0 Å². The van der Waals surface area contributed by atoms with Crippen molar-refractivity contribution in [3.05, 3.63) is 59.2 Å². The molecule has 124 valence electrons. The summed E-state index contributed by atoms with van der Waals surface area (Å²) in [6.07, 6.45) is 1.46. The van der Waals surface area contributed by atoms with Gasteiger partial charge in [-0.1, -0.05) is 38.1 Å². The molecule has 0 aromatic heterocycles. The van der Waals surface area contributed by atoms with Gasteiger partial charge >= 0.3 is 5.97 Å². The van der Waals surface area contributed by atoms with Crippen molar-refractivity contribution in [2.45, 2.75) is 26.2 Å². The highest BCUT2D eigenvalue weighted by atomic mass is 16.7. The van der Waals surface area contributed by atoms with Crippen molar-refractivity contribution in [1.29, 1.82) is 0 Å². The van der Waals surface area contributed by atoms with E-state index in [4.69, 9.17) is 14.3 Å². The fraction of sp³-hybridized carbons (Fsp3) is 0.263. The molecule has 1 heterocycles. The summed E-state index contributed by atoms with van der Waals surface area (Å²) in [7, 11) is 0. The van der Waals surface area contributed by atoms with Gasteiger partial charge in [0.15, 0.2) is 11.5 Å². The van der Waals surface area contributed by atoms with E-state index < -0.39 is 5.97 Å². The van der Waals surface area contributed by atoms with Gasteiger partial charge in [0.05, 0.1) is 11.8 Å². The van der Waals surface area contributed by atoms with Crippen molar-refractivity contribution < 1.29 is 19.1 Å². The van der Waals surface area contributed by atoms with E-state index in [-0.39, 0.29) is 12.2 Å². The van der Waals surface area contributed by atoms with Crippen molar-refractivity contribution in [2.24, 2.45) is 5.16 Å². The second-order valence-corrected chi connectivity index (χ2v) is 6.55. The SMILES string of the molecule is CC(C)(C)c1ccc(C(=O)ON=Cc2ccc3c(c2)OCO3)cc1. The highest BCUT2D eigenvalue weighted by molar-refractivity contribution is 5.90. The molecule has 0 atom stereocenters. The first-order valence-corrected chi connectivity index (χ1v) is 7.68. The number of hydrogen-bond acceptors (Lipinski definition) is 5. The number of fused-ring (bicyclic) bond motifs is 1. The van der Waals surface area contributed by atoms with Gasteiger partial charge in [0.2, 0.25) is 6.79 Å². The maximum absolute atomic E-state index is 12.0. The van der Waals surface area contributed by atoms with Crippen LogP contribution in [-0.4, -0.2) is 19.0 Å². The third-order valence-corrected chi connectivity index (χ3v) is 3.72. The first-order valence-electron chi connectivity index (χ1n) is 7.68. The molecular formula is C19H19NO4. The van der Waals surface area contributed by atoms with E-state index >= 15 is 0 Å². The monoisotopic (exact) mass is 325 g/mol. The highest BCUT2D eigenvalue weighted by Gasteiger charge is 2.15. The number of benzene rings is 2. The van der Waals surface area contributed by atoms with Gasteiger partial charge in [0.1, 0.15) is 0 Å². The number of oxime groups is 1. The van der Waals surface area contributed by atoms with Gasteiger partial charge in [0.25, 0.3) is 0 Å². The van der Waals surface area contributed by atoms with Gasteiger partial charge in [-0.25, -0.2) is 4.79 Å². The van der Waals surface area contributed by atoms with Crippen LogP contribution in [0.25, 0.3) is 0 Å². The van der Waals surface area contributed by atoms with Crippen LogP contribution >= 0.6 is 0 Å². The molecule has 24 heavy (non-hydrogen) atoms. The van der Waals surface area contributed by atoms with E-state index in [9.17, 15) is 4.79 Å². The zero-order chi connectivity index (χ0) is 17.2. The van der Waals surface area contributed by atoms with Crippen molar-refractivity contribution in [1.82, 2.24) is 0 Å². The molecular weight excluding hydrogens is 306 g/mol. The normalized spacial score (nSPS) is 13.3. The van der Waals surface area contributed by atoms with Crippen LogP contribution in [0.15, 0.2) is 47.6 Å². The molecule has 0 bridgehead atoms. The van der Waals surface area contributed by atoms with Gasteiger partial charge in [-0.05, 0) is 41.3 Å². The van der Waals surface area contributed by atoms with Crippen LogP contribution in [0, 0.1) is 0 Å². The van der Waals surface area contributed by atoms with Gasteiger partial charge in [-0.15, -0.1) is 0 Å². The number of rotatable bonds is 3. The summed E-state index contributed by atoms with van der Waals surface area (Å²) in [6, 6.07) is 12.7. The Balaban J connectivity index is 1.63. The maximum Gasteiger partial charge on any atom is 0.365 e. The first kappa shape index (κ1) is 16.1. The Hall–Kier alpha value is -2.82. The van der Waals surface area contributed by atoms with Crippen LogP contribution in [0.1, 0.15) is 42.3 Å². The average Bonchev–Trinajstić information content (AvgIpc) is 3.02. The Labute approximate surface area is 140 Å². The molecule has 2 aromatic rings. The van der Waals surface area contributed by atoms with Crippen molar-refractivity contribution >= 4 is 12.2 Å². The molecule has 1 aliphatic rings. The number of ether oxygens (including phenoxy) is 2. The Kier molecular flexibility index (Phi) is 4.25. The Bertz CT molecular complexity index is 773. The van der Waals surface area contributed by atoms with Crippen LogP contribution in [-0.2, 0) is 10.3 Å². The second-order valence-electron chi connectivity index (χ2n) is 6.55. The van der Waals surface area contributed by atoms with Crippen molar-refractivity contribution in [2.75, 3.05) is 6.79 Å². The lowest BCUT2D eigenvalue weighted by Crippen LogP contribution is -2.11. The molecule has 0 radical (unpaired) electrons. The lowest BCUT2D eigenvalue weighted by Gasteiger charge is -2.18. The lowest BCUT2D eigenvalue weighted by atomic mass is 9.87. The molecule has 5 heteroatoms. The van der Waals surface area contributed by atoms with Crippen LogP contribution in [0.3, 0.4) is 0 Å². The van der Waals surface area contributed by atoms with Crippen LogP contribution < -0.4 is 9.47 Å². The van der Waals surface area contributed by atoms with Gasteiger partial charge in [-0.3, -0.25) is 0 Å². The molecule has 0 fully saturated rings. The molecule has 0 unspecified atom stereocenters. The lowest BCUT2D eigenvalue weighted by molar-refractivity contribution is 0.0519. The number of hydrogen-bond donors (Lipinski definition) is 0. The number of nitrogens with zero attached hydrogens (tertiary/aromatic N) is 1. The summed E-state index contributed by atoms with van der Waals surface area (Å²) in [4.78, 5) is 16.9. The zero-order valence-corrected chi connectivity index (χ0v) is 13.9. The Morgan fingerprint density at radius 1 is 1.08 bits per heavy atom. The van der Waals surface area contributed by atoms with E-state index in [1.165, 1.54) is 6.21 Å². The molecule has 0 saturated carbocycles. The van der Waals surface area contributed by atoms with Gasteiger partial charge in [-0.2, -0.15) is 0 Å². The average molecular weight is 325 g/mol. The van der Waals surface area contributed by atoms with Gasteiger partial charge < -0.3 is 14.3 Å². The standard InChI is InChI=1S/C19H19NO4/c1-19(2,3)15-7-5-14(6-8-15)18(21)24-20-11-13-4-9-16-17(10-13)23-12-22-16/h4-11H,12H2,1-3H3. The molecule has 3 rings (SSSR count). The molecule has 2 aromatic carbocycles. The fourth-order valence-electron chi connectivity index (χ4n) is 2.29. The van der Waals surface area contributed by atoms with Crippen molar-refractivity contribution in [3.63, 3.8) is 0 Å². The molecule has 1 aliphatic heterocycles. The van der Waals surface area contributed by atoms with Crippen LogP contribution in [0.5, 0.6) is 11.5 Å². The van der Waals surface area contributed by atoms with E-state index in [1.54, 1.807) is 24.3 Å². The Morgan fingerprint density at radius 3 is 2.50 bits per heavy atom. The summed E-state index contributed by atoms with van der Waals surface area (Å²) in [6.45, 7) is 6.58. The quantitative estimate of drug-likeness (QED) is 0.488. The molecule has 0 saturated heterocycles. The smallest absolute Gasteiger partial charge is 0.365 e. The molecule has 5 nitrogen and oxygen atoms in total.